The smallest absolute Gasteiger partial charge is 0.219 e. The lowest BCUT2D eigenvalue weighted by molar-refractivity contribution is -0.129. The molecule has 4 heteroatoms. The van der Waals surface area contributed by atoms with Crippen molar-refractivity contribution in [1.82, 2.24) is 9.88 Å². The van der Waals surface area contributed by atoms with Gasteiger partial charge in [-0.1, -0.05) is 17.7 Å². The topological polar surface area (TPSA) is 57.0 Å². The minimum atomic E-state index is 0.146. The summed E-state index contributed by atoms with van der Waals surface area (Å²) in [6.45, 7) is 3.17. The number of nitrogens with zero attached hydrogens (tertiary/aromatic N) is 3. The summed E-state index contributed by atoms with van der Waals surface area (Å²) in [5.41, 5.74) is 8.06. The van der Waals surface area contributed by atoms with Gasteiger partial charge in [0.2, 0.25) is 5.91 Å². The van der Waals surface area contributed by atoms with E-state index in [2.05, 4.69) is 18.2 Å². The van der Waals surface area contributed by atoms with E-state index in [0.717, 1.165) is 44.5 Å². The van der Waals surface area contributed by atoms with Crippen molar-refractivity contribution in [2.75, 3.05) is 13.1 Å². The van der Waals surface area contributed by atoms with Crippen LogP contribution in [0.4, 0.5) is 0 Å². The van der Waals surface area contributed by atoms with Crippen LogP contribution >= 0.6 is 0 Å². The maximum Gasteiger partial charge on any atom is 0.219 e. The van der Waals surface area contributed by atoms with Crippen LogP contribution in [-0.4, -0.2) is 28.9 Å². The van der Waals surface area contributed by atoms with Crippen molar-refractivity contribution in [2.24, 2.45) is 0 Å². The Morgan fingerprint density at radius 1 is 1.12 bits per heavy atom. The highest BCUT2D eigenvalue weighted by Gasteiger charge is 2.25. The Morgan fingerprint density at radius 2 is 1.88 bits per heavy atom. The molecule has 0 N–H and O–H groups in total. The van der Waals surface area contributed by atoms with E-state index in [-0.39, 0.29) is 5.91 Å². The van der Waals surface area contributed by atoms with Gasteiger partial charge in [0.15, 0.2) is 0 Å². The second-order valence-electron chi connectivity index (χ2n) is 6.98. The highest BCUT2D eigenvalue weighted by atomic mass is 16.2. The number of aryl methyl sites for hydroxylation is 2. The van der Waals surface area contributed by atoms with Crippen LogP contribution in [0.15, 0.2) is 42.1 Å². The Morgan fingerprint density at radius 3 is 2.62 bits per heavy atom. The quantitative estimate of drug-likeness (QED) is 0.736. The fourth-order valence-corrected chi connectivity index (χ4v) is 4.08. The third-order valence-electron chi connectivity index (χ3n) is 5.46. The van der Waals surface area contributed by atoms with Crippen LogP contribution in [0.5, 0.6) is 0 Å². The van der Waals surface area contributed by atoms with Crippen molar-refractivity contribution >= 4 is 11.5 Å². The number of pyridine rings is 1. The van der Waals surface area contributed by atoms with Crippen LogP contribution in [0.2, 0.25) is 0 Å². The summed E-state index contributed by atoms with van der Waals surface area (Å²) >= 11 is 0. The number of piperidine rings is 1. The molecule has 4 nitrogen and oxygen atoms in total. The first-order valence-electron chi connectivity index (χ1n) is 9.12. The van der Waals surface area contributed by atoms with E-state index >= 15 is 0 Å². The van der Waals surface area contributed by atoms with E-state index < -0.39 is 0 Å². The van der Waals surface area contributed by atoms with E-state index in [9.17, 15) is 10.1 Å². The van der Waals surface area contributed by atoms with Crippen molar-refractivity contribution in [2.45, 2.75) is 32.6 Å². The predicted octanol–water partition coefficient (Wildman–Crippen LogP) is 3.50. The summed E-state index contributed by atoms with van der Waals surface area (Å²) in [6.07, 6.45) is 5.47. The molecular formula is C22H21N3O. The summed E-state index contributed by atoms with van der Waals surface area (Å²) in [4.78, 5) is 18.3. The molecule has 0 radical (unpaired) electrons. The zero-order chi connectivity index (χ0) is 18.1. The zero-order valence-corrected chi connectivity index (χ0v) is 15.0. The molecule has 1 aliphatic heterocycles. The molecule has 0 bridgehead atoms. The Hall–Kier alpha value is -2.93. The number of likely N-dealkylation sites (tertiary alicyclic amines) is 1. The van der Waals surface area contributed by atoms with Gasteiger partial charge in [-0.15, -0.1) is 0 Å². The standard InChI is InChI=1S/C22H21N3O/c1-15(26)25-11-8-17(9-12-25)21-20-7-4-16(14-23)13-19(20)6-5-18-3-2-10-24-22(18)21/h2-4,7,10,13H,5-6,8-9,11-12H2,1H3. The molecule has 0 saturated carbocycles. The number of carbonyl (C=O) groups excluding carboxylic acids is 1. The minimum Gasteiger partial charge on any atom is -0.342 e. The molecule has 1 aromatic heterocycles. The third-order valence-corrected chi connectivity index (χ3v) is 5.46. The highest BCUT2D eigenvalue weighted by Crippen LogP contribution is 2.37. The third kappa shape index (κ3) is 2.90. The number of rotatable bonds is 0. The maximum absolute atomic E-state index is 11.7. The number of nitriles is 1. The van der Waals surface area contributed by atoms with Crippen molar-refractivity contribution in [3.63, 3.8) is 0 Å². The molecule has 1 saturated heterocycles. The van der Waals surface area contributed by atoms with Crippen molar-refractivity contribution < 1.29 is 4.79 Å². The van der Waals surface area contributed by atoms with Gasteiger partial charge in [0, 0.05) is 31.8 Å². The Bertz CT molecular complexity index is 942. The molecule has 2 aromatic rings. The molecule has 0 unspecified atom stereocenters. The van der Waals surface area contributed by atoms with Gasteiger partial charge in [-0.05, 0) is 60.6 Å². The highest BCUT2D eigenvalue weighted by molar-refractivity contribution is 5.85. The molecule has 26 heavy (non-hydrogen) atoms. The Kier molecular flexibility index (Phi) is 4.30. The first-order valence-corrected chi connectivity index (χ1v) is 9.12. The van der Waals surface area contributed by atoms with E-state index in [0.29, 0.717) is 5.56 Å². The predicted molar refractivity (Wildman–Crippen MR) is 100 cm³/mol. The summed E-state index contributed by atoms with van der Waals surface area (Å²) in [5, 5.41) is 9.27. The van der Waals surface area contributed by atoms with Crippen LogP contribution in [0.1, 0.15) is 47.7 Å². The number of benzene rings is 1. The Labute approximate surface area is 153 Å². The van der Waals surface area contributed by atoms with Gasteiger partial charge >= 0.3 is 0 Å². The molecule has 130 valence electrons. The fourth-order valence-electron chi connectivity index (χ4n) is 4.08. The average molecular weight is 343 g/mol. The zero-order valence-electron chi connectivity index (χ0n) is 15.0. The molecule has 1 amide bonds. The van der Waals surface area contributed by atoms with Crippen molar-refractivity contribution in [3.05, 3.63) is 70.0 Å². The van der Waals surface area contributed by atoms with Crippen LogP contribution < -0.4 is 0 Å². The molecule has 2 aliphatic rings. The Balaban J connectivity index is 1.86. The van der Waals surface area contributed by atoms with Gasteiger partial charge in [0.1, 0.15) is 0 Å². The van der Waals surface area contributed by atoms with Gasteiger partial charge in [0.05, 0.1) is 17.3 Å². The lowest BCUT2D eigenvalue weighted by Gasteiger charge is -2.29. The molecule has 0 atom stereocenters. The van der Waals surface area contributed by atoms with E-state index in [1.165, 1.54) is 27.8 Å². The van der Waals surface area contributed by atoms with Crippen LogP contribution in [0.25, 0.3) is 5.57 Å². The van der Waals surface area contributed by atoms with Crippen LogP contribution in [0, 0.1) is 11.3 Å². The number of aromatic nitrogens is 1. The van der Waals surface area contributed by atoms with Gasteiger partial charge in [-0.25, -0.2) is 0 Å². The monoisotopic (exact) mass is 343 g/mol. The van der Waals surface area contributed by atoms with Crippen molar-refractivity contribution in [3.8, 4) is 6.07 Å². The second kappa shape index (κ2) is 6.76. The van der Waals surface area contributed by atoms with E-state index in [4.69, 9.17) is 4.98 Å². The van der Waals surface area contributed by atoms with Gasteiger partial charge in [0.25, 0.3) is 0 Å². The number of amides is 1. The number of hydrogen-bond acceptors (Lipinski definition) is 3. The normalized spacial score (nSPS) is 16.4. The second-order valence-corrected chi connectivity index (χ2v) is 6.98. The first kappa shape index (κ1) is 16.5. The minimum absolute atomic E-state index is 0.146. The summed E-state index contributed by atoms with van der Waals surface area (Å²) in [6, 6.07) is 12.4. The van der Waals surface area contributed by atoms with Crippen LogP contribution in [0.3, 0.4) is 0 Å². The fraction of sp³-hybridized carbons (Fsp3) is 0.318. The summed E-state index contributed by atoms with van der Waals surface area (Å²) in [7, 11) is 0. The number of carbonyl (C=O) groups is 1. The van der Waals surface area contributed by atoms with Gasteiger partial charge < -0.3 is 4.90 Å². The van der Waals surface area contributed by atoms with Crippen molar-refractivity contribution in [1.29, 1.82) is 5.26 Å². The molecule has 0 spiro atoms. The average Bonchev–Trinajstić information content (AvgIpc) is 2.84. The van der Waals surface area contributed by atoms with E-state index in [1.54, 1.807) is 6.92 Å². The summed E-state index contributed by atoms with van der Waals surface area (Å²) < 4.78 is 0. The molecular weight excluding hydrogens is 322 g/mol. The molecule has 4 rings (SSSR count). The number of fused-ring (bicyclic) bond motifs is 2. The first-order chi connectivity index (χ1) is 12.7. The van der Waals surface area contributed by atoms with E-state index in [1.807, 2.05) is 29.3 Å². The lowest BCUT2D eigenvalue weighted by Crippen LogP contribution is -2.34. The number of hydrogen-bond donors (Lipinski definition) is 0. The SMILES string of the molecule is CC(=O)N1CCC(=C2c3ccc(C#N)cc3CCc3cccnc32)CC1. The molecule has 1 aliphatic carbocycles. The van der Waals surface area contributed by atoms with Gasteiger partial charge in [-0.2, -0.15) is 5.26 Å². The lowest BCUT2D eigenvalue weighted by atomic mass is 9.88. The van der Waals surface area contributed by atoms with Gasteiger partial charge in [-0.3, -0.25) is 9.78 Å². The maximum atomic E-state index is 11.7. The molecule has 2 heterocycles. The largest absolute Gasteiger partial charge is 0.342 e. The summed E-state index contributed by atoms with van der Waals surface area (Å²) in [5.74, 6) is 0.146. The molecule has 1 fully saturated rings. The van der Waals surface area contributed by atoms with Crippen LogP contribution in [-0.2, 0) is 17.6 Å². The molecule has 1 aromatic carbocycles.